The Kier molecular flexibility index (Phi) is 6.56. The Morgan fingerprint density at radius 1 is 1.21 bits per heavy atom. The maximum atomic E-state index is 13.2. The molecule has 0 saturated heterocycles. The number of aromatic nitrogens is 2. The molecule has 2 heterocycles. The molecule has 1 amide bonds. The molecule has 2 aromatic carbocycles. The Bertz CT molecular complexity index is 982. The van der Waals surface area contributed by atoms with E-state index in [-0.39, 0.29) is 30.7 Å². The van der Waals surface area contributed by atoms with E-state index < -0.39 is 0 Å². The molecule has 9 heteroatoms. The van der Waals surface area contributed by atoms with E-state index in [0.717, 1.165) is 19.5 Å². The van der Waals surface area contributed by atoms with Gasteiger partial charge >= 0.3 is 0 Å². The molecule has 0 bridgehead atoms. The number of fused-ring (bicyclic) bond motifs is 1. The minimum atomic E-state index is -0.362. The monoisotopic (exact) mass is 420 g/mol. The molecule has 146 valence electrons. The van der Waals surface area contributed by atoms with Crippen LogP contribution in [0.2, 0.25) is 0 Å². The van der Waals surface area contributed by atoms with Gasteiger partial charge in [0.1, 0.15) is 18.2 Å². The van der Waals surface area contributed by atoms with E-state index in [1.807, 2.05) is 18.2 Å². The van der Waals surface area contributed by atoms with Crippen LogP contribution in [0.1, 0.15) is 26.5 Å². The molecule has 0 aliphatic carbocycles. The van der Waals surface area contributed by atoms with E-state index in [0.29, 0.717) is 21.5 Å². The van der Waals surface area contributed by atoms with Crippen LogP contribution in [-0.4, -0.2) is 22.6 Å². The van der Waals surface area contributed by atoms with Crippen LogP contribution in [0.3, 0.4) is 0 Å². The molecule has 0 unspecified atom stereocenters. The zero-order valence-electron chi connectivity index (χ0n) is 14.8. The van der Waals surface area contributed by atoms with Crippen LogP contribution in [0.5, 0.6) is 5.75 Å². The highest BCUT2D eigenvalue weighted by Gasteiger charge is 2.14. The quantitative estimate of drug-likeness (QED) is 0.659. The van der Waals surface area contributed by atoms with Crippen molar-refractivity contribution in [2.45, 2.75) is 19.6 Å². The third kappa shape index (κ3) is 4.83. The van der Waals surface area contributed by atoms with Crippen molar-refractivity contribution in [1.82, 2.24) is 15.5 Å². The zero-order valence-corrected chi connectivity index (χ0v) is 16.4. The Hall–Kier alpha value is -2.55. The molecule has 4 rings (SSSR count). The van der Waals surface area contributed by atoms with Crippen molar-refractivity contribution in [3.05, 3.63) is 70.0 Å². The Morgan fingerprint density at radius 2 is 2.11 bits per heavy atom. The van der Waals surface area contributed by atoms with Gasteiger partial charge in [0.05, 0.1) is 0 Å². The first-order chi connectivity index (χ1) is 13.2. The van der Waals surface area contributed by atoms with Crippen molar-refractivity contribution in [2.75, 3.05) is 11.9 Å². The predicted molar refractivity (Wildman–Crippen MR) is 108 cm³/mol. The Morgan fingerprint density at radius 3 is 2.96 bits per heavy atom. The molecule has 3 aromatic rings. The first kappa shape index (κ1) is 20.2. The van der Waals surface area contributed by atoms with Gasteiger partial charge in [-0.25, -0.2) is 4.39 Å². The van der Waals surface area contributed by atoms with Gasteiger partial charge in [0, 0.05) is 18.2 Å². The van der Waals surface area contributed by atoms with Crippen molar-refractivity contribution < 1.29 is 13.9 Å². The highest BCUT2D eigenvalue weighted by Crippen LogP contribution is 2.21. The van der Waals surface area contributed by atoms with Gasteiger partial charge in [-0.05, 0) is 48.4 Å². The number of carbonyl (C=O) groups excluding carboxylic acids is 1. The minimum Gasteiger partial charge on any atom is -0.486 e. The number of nitrogens with zero attached hydrogens (tertiary/aromatic N) is 2. The van der Waals surface area contributed by atoms with Crippen LogP contribution in [0, 0.1) is 5.82 Å². The normalized spacial score (nSPS) is 12.6. The van der Waals surface area contributed by atoms with Crippen LogP contribution < -0.4 is 15.4 Å². The number of halogens is 2. The standard InChI is InChI=1S/C19H17FN4O2S.ClH/c20-15-2-1-3-16(9-15)26-11-17-23-24-19(27-17)22-18(25)13-4-5-14-10-21-7-6-12(14)8-13;/h1-5,8-9,21H,6-7,10-11H2,(H,22,24,25);1H. The Balaban J connectivity index is 0.00000225. The fourth-order valence-corrected chi connectivity index (χ4v) is 3.50. The van der Waals surface area contributed by atoms with Crippen LogP contribution >= 0.6 is 23.7 Å². The average Bonchev–Trinajstić information content (AvgIpc) is 3.13. The molecule has 0 saturated carbocycles. The highest BCUT2D eigenvalue weighted by molar-refractivity contribution is 7.15. The second-order valence-corrected chi connectivity index (χ2v) is 7.17. The minimum absolute atomic E-state index is 0. The number of nitrogens with one attached hydrogen (secondary N) is 2. The largest absolute Gasteiger partial charge is 0.486 e. The van der Waals surface area contributed by atoms with E-state index >= 15 is 0 Å². The molecule has 0 atom stereocenters. The van der Waals surface area contributed by atoms with Gasteiger partial charge in [0.15, 0.2) is 5.01 Å². The third-order valence-electron chi connectivity index (χ3n) is 4.20. The van der Waals surface area contributed by atoms with Crippen LogP contribution in [0.15, 0.2) is 42.5 Å². The number of rotatable bonds is 5. The number of amides is 1. The van der Waals surface area contributed by atoms with Crippen molar-refractivity contribution >= 4 is 34.8 Å². The Labute approximate surface area is 171 Å². The summed E-state index contributed by atoms with van der Waals surface area (Å²) in [5, 5.41) is 15.0. The molecular formula is C19H18ClFN4O2S. The van der Waals surface area contributed by atoms with Crippen molar-refractivity contribution in [2.24, 2.45) is 0 Å². The fourth-order valence-electron chi connectivity index (χ4n) is 2.85. The maximum absolute atomic E-state index is 13.2. The summed E-state index contributed by atoms with van der Waals surface area (Å²) in [7, 11) is 0. The topological polar surface area (TPSA) is 76.1 Å². The summed E-state index contributed by atoms with van der Waals surface area (Å²) >= 11 is 1.23. The van der Waals surface area contributed by atoms with E-state index in [1.54, 1.807) is 12.1 Å². The van der Waals surface area contributed by atoms with Gasteiger partial charge in [-0.3, -0.25) is 10.1 Å². The number of hydrogen-bond acceptors (Lipinski definition) is 6. The van der Waals surface area contributed by atoms with E-state index in [1.165, 1.54) is 34.6 Å². The molecule has 1 aromatic heterocycles. The first-order valence-electron chi connectivity index (χ1n) is 8.52. The van der Waals surface area contributed by atoms with Gasteiger partial charge in [0.2, 0.25) is 5.13 Å². The van der Waals surface area contributed by atoms with Crippen molar-refractivity contribution in [3.8, 4) is 5.75 Å². The summed E-state index contributed by atoms with van der Waals surface area (Å²) in [6.07, 6.45) is 0.914. The van der Waals surface area contributed by atoms with E-state index in [9.17, 15) is 9.18 Å². The van der Waals surface area contributed by atoms with Crippen LogP contribution in [0.4, 0.5) is 9.52 Å². The lowest BCUT2D eigenvalue weighted by Gasteiger charge is -2.17. The molecular weight excluding hydrogens is 403 g/mol. The molecule has 6 nitrogen and oxygen atoms in total. The van der Waals surface area contributed by atoms with Crippen molar-refractivity contribution in [1.29, 1.82) is 0 Å². The lowest BCUT2D eigenvalue weighted by molar-refractivity contribution is 0.102. The SMILES string of the molecule is Cl.O=C(Nc1nnc(COc2cccc(F)c2)s1)c1ccc2c(c1)CCNC2. The van der Waals surface area contributed by atoms with Gasteiger partial charge in [-0.1, -0.05) is 23.5 Å². The summed E-state index contributed by atoms with van der Waals surface area (Å²) in [5.41, 5.74) is 3.02. The summed E-state index contributed by atoms with van der Waals surface area (Å²) in [5.74, 6) is -0.164. The molecule has 0 fully saturated rings. The first-order valence-corrected chi connectivity index (χ1v) is 9.34. The second-order valence-electron chi connectivity index (χ2n) is 6.11. The van der Waals surface area contributed by atoms with Gasteiger partial charge in [0.25, 0.3) is 5.91 Å². The number of benzene rings is 2. The maximum Gasteiger partial charge on any atom is 0.257 e. The highest BCUT2D eigenvalue weighted by atomic mass is 35.5. The summed E-state index contributed by atoms with van der Waals surface area (Å²) < 4.78 is 18.6. The smallest absolute Gasteiger partial charge is 0.257 e. The van der Waals surface area contributed by atoms with E-state index in [4.69, 9.17) is 4.74 Å². The van der Waals surface area contributed by atoms with Gasteiger partial charge < -0.3 is 10.1 Å². The summed E-state index contributed by atoms with van der Waals surface area (Å²) in [4.78, 5) is 12.5. The molecule has 2 N–H and O–H groups in total. The molecule has 28 heavy (non-hydrogen) atoms. The fraction of sp³-hybridized carbons (Fsp3) is 0.211. The predicted octanol–water partition coefficient (Wildman–Crippen LogP) is 3.58. The number of anilines is 1. The molecule has 0 radical (unpaired) electrons. The van der Waals surface area contributed by atoms with Crippen LogP contribution in [-0.2, 0) is 19.6 Å². The molecule has 1 aliphatic rings. The zero-order chi connectivity index (χ0) is 18.6. The van der Waals surface area contributed by atoms with Crippen molar-refractivity contribution in [3.63, 3.8) is 0 Å². The lowest BCUT2D eigenvalue weighted by Crippen LogP contribution is -2.24. The molecule has 1 aliphatic heterocycles. The third-order valence-corrected chi connectivity index (χ3v) is 5.01. The number of carbonyl (C=O) groups is 1. The summed E-state index contributed by atoms with van der Waals surface area (Å²) in [6.45, 7) is 1.91. The number of ether oxygens (including phenoxy) is 1. The lowest BCUT2D eigenvalue weighted by atomic mass is 9.98. The van der Waals surface area contributed by atoms with E-state index in [2.05, 4.69) is 20.8 Å². The van der Waals surface area contributed by atoms with Gasteiger partial charge in [-0.2, -0.15) is 0 Å². The average molecular weight is 421 g/mol. The molecule has 0 spiro atoms. The van der Waals surface area contributed by atoms with Gasteiger partial charge in [-0.15, -0.1) is 22.6 Å². The second kappa shape index (κ2) is 9.09. The van der Waals surface area contributed by atoms with Crippen LogP contribution in [0.25, 0.3) is 0 Å². The summed E-state index contributed by atoms with van der Waals surface area (Å²) in [6, 6.07) is 11.6. The number of hydrogen-bond donors (Lipinski definition) is 2.